The number of hydrogen-bond acceptors (Lipinski definition) is 2. The maximum absolute atomic E-state index is 13.5. The summed E-state index contributed by atoms with van der Waals surface area (Å²) in [5.41, 5.74) is 5.77. The Bertz CT molecular complexity index is 499. The summed E-state index contributed by atoms with van der Waals surface area (Å²) in [5.74, 6) is -1.45. The Morgan fingerprint density at radius 2 is 2.05 bits per heavy atom. The molecule has 0 bridgehead atoms. The number of nitrogens with zero attached hydrogens (tertiary/aromatic N) is 1. The molecule has 2 amide bonds. The molecule has 1 saturated heterocycles. The van der Waals surface area contributed by atoms with Crippen molar-refractivity contribution in [2.75, 3.05) is 25.0 Å². The summed E-state index contributed by atoms with van der Waals surface area (Å²) in [5, 5.41) is 2.47. The normalized spacial score (nSPS) is 17.9. The first-order valence-corrected chi connectivity index (χ1v) is 6.65. The molecule has 110 valence electrons. The Hall–Kier alpha value is -1.69. The third kappa shape index (κ3) is 3.25. The van der Waals surface area contributed by atoms with E-state index in [0.29, 0.717) is 19.6 Å². The van der Waals surface area contributed by atoms with Gasteiger partial charge in [-0.3, -0.25) is 0 Å². The fourth-order valence-electron chi connectivity index (χ4n) is 2.24. The van der Waals surface area contributed by atoms with Gasteiger partial charge >= 0.3 is 6.03 Å². The molecule has 0 aromatic heterocycles. The fraction of sp³-hybridized carbons (Fsp3) is 0.500. The van der Waals surface area contributed by atoms with Gasteiger partial charge in [-0.2, -0.15) is 0 Å². The van der Waals surface area contributed by atoms with Crippen molar-refractivity contribution < 1.29 is 13.6 Å². The number of nitrogens with one attached hydrogen (secondary N) is 1. The topological polar surface area (TPSA) is 58.4 Å². The molecular formula is C14H19F2N3O. The number of rotatable bonds is 2. The van der Waals surface area contributed by atoms with Gasteiger partial charge in [-0.25, -0.2) is 13.6 Å². The molecule has 1 aliphatic rings. The molecule has 0 aliphatic carbocycles. The minimum Gasteiger partial charge on any atom is -0.330 e. The summed E-state index contributed by atoms with van der Waals surface area (Å²) in [6.45, 7) is 3.86. The molecule has 1 heterocycles. The minimum atomic E-state index is -0.776. The first-order chi connectivity index (χ1) is 9.43. The van der Waals surface area contributed by atoms with Crippen molar-refractivity contribution in [2.45, 2.75) is 19.8 Å². The van der Waals surface area contributed by atoms with Gasteiger partial charge in [-0.1, -0.05) is 6.92 Å². The summed E-state index contributed by atoms with van der Waals surface area (Å²) in [4.78, 5) is 13.7. The Labute approximate surface area is 116 Å². The summed E-state index contributed by atoms with van der Waals surface area (Å²) in [7, 11) is 0. The van der Waals surface area contributed by atoms with E-state index in [0.717, 1.165) is 25.0 Å². The average Bonchev–Trinajstić information content (AvgIpc) is 2.42. The molecule has 0 spiro atoms. The van der Waals surface area contributed by atoms with Crippen LogP contribution in [0.25, 0.3) is 0 Å². The van der Waals surface area contributed by atoms with Crippen LogP contribution in [0.4, 0.5) is 19.3 Å². The molecule has 1 fully saturated rings. The van der Waals surface area contributed by atoms with Gasteiger partial charge in [0.15, 0.2) is 0 Å². The van der Waals surface area contributed by atoms with Crippen molar-refractivity contribution in [3.63, 3.8) is 0 Å². The molecule has 1 aromatic rings. The minimum absolute atomic E-state index is 0.0106. The maximum atomic E-state index is 13.5. The zero-order chi connectivity index (χ0) is 14.8. The van der Waals surface area contributed by atoms with Gasteiger partial charge in [0.05, 0.1) is 5.69 Å². The first-order valence-electron chi connectivity index (χ1n) is 6.65. The summed E-state index contributed by atoms with van der Waals surface area (Å²) in [6, 6.07) is 2.71. The van der Waals surface area contributed by atoms with Crippen molar-refractivity contribution >= 4 is 11.7 Å². The molecule has 20 heavy (non-hydrogen) atoms. The predicted molar refractivity (Wildman–Crippen MR) is 73.3 cm³/mol. The maximum Gasteiger partial charge on any atom is 0.321 e. The Balaban J connectivity index is 1.96. The third-order valence-corrected chi connectivity index (χ3v) is 3.92. The van der Waals surface area contributed by atoms with E-state index in [1.165, 1.54) is 6.07 Å². The van der Waals surface area contributed by atoms with Gasteiger partial charge in [-0.15, -0.1) is 0 Å². The molecule has 0 saturated carbocycles. The van der Waals surface area contributed by atoms with Crippen LogP contribution in [0.3, 0.4) is 0 Å². The number of halogens is 2. The molecule has 1 aromatic carbocycles. The Kier molecular flexibility index (Phi) is 4.23. The second-order valence-electron chi connectivity index (χ2n) is 5.56. The van der Waals surface area contributed by atoms with Gasteiger partial charge in [0, 0.05) is 19.2 Å². The molecule has 0 radical (unpaired) electrons. The van der Waals surface area contributed by atoms with Gasteiger partial charge in [0.25, 0.3) is 0 Å². The van der Waals surface area contributed by atoms with E-state index < -0.39 is 11.6 Å². The van der Waals surface area contributed by atoms with Crippen molar-refractivity contribution in [3.8, 4) is 0 Å². The van der Waals surface area contributed by atoms with E-state index in [2.05, 4.69) is 12.2 Å². The highest BCUT2D eigenvalue weighted by Gasteiger charge is 2.30. The number of amides is 2. The highest BCUT2D eigenvalue weighted by molar-refractivity contribution is 5.89. The van der Waals surface area contributed by atoms with Crippen LogP contribution in [0.2, 0.25) is 0 Å². The van der Waals surface area contributed by atoms with Crippen LogP contribution in [0.5, 0.6) is 0 Å². The van der Waals surface area contributed by atoms with Crippen LogP contribution >= 0.6 is 0 Å². The van der Waals surface area contributed by atoms with E-state index in [4.69, 9.17) is 5.73 Å². The standard InChI is InChI=1S/C14H19F2N3O/c1-14(9-17)4-6-19(7-5-14)13(20)18-12-3-2-10(15)8-11(12)16/h2-3,8H,4-7,9,17H2,1H3,(H,18,20). The second kappa shape index (κ2) is 5.75. The van der Waals surface area contributed by atoms with Crippen molar-refractivity contribution in [2.24, 2.45) is 11.1 Å². The molecule has 4 nitrogen and oxygen atoms in total. The Morgan fingerprint density at radius 1 is 1.40 bits per heavy atom. The number of hydrogen-bond donors (Lipinski definition) is 2. The predicted octanol–water partition coefficient (Wildman–Crippen LogP) is 2.56. The lowest BCUT2D eigenvalue weighted by Crippen LogP contribution is -2.46. The highest BCUT2D eigenvalue weighted by Crippen LogP contribution is 2.29. The average molecular weight is 283 g/mol. The van der Waals surface area contributed by atoms with Crippen LogP contribution in [-0.4, -0.2) is 30.6 Å². The SMILES string of the molecule is CC1(CN)CCN(C(=O)Nc2ccc(F)cc2F)CC1. The van der Waals surface area contributed by atoms with Gasteiger partial charge in [0.2, 0.25) is 0 Å². The zero-order valence-electron chi connectivity index (χ0n) is 11.5. The van der Waals surface area contributed by atoms with E-state index in [1.54, 1.807) is 4.90 Å². The number of likely N-dealkylation sites (tertiary alicyclic amines) is 1. The van der Waals surface area contributed by atoms with E-state index in [-0.39, 0.29) is 17.1 Å². The lowest BCUT2D eigenvalue weighted by atomic mass is 9.81. The lowest BCUT2D eigenvalue weighted by Gasteiger charge is -2.38. The molecular weight excluding hydrogens is 264 g/mol. The molecule has 2 rings (SSSR count). The van der Waals surface area contributed by atoms with Crippen LogP contribution in [0.1, 0.15) is 19.8 Å². The van der Waals surface area contributed by atoms with Crippen LogP contribution < -0.4 is 11.1 Å². The second-order valence-corrected chi connectivity index (χ2v) is 5.56. The zero-order valence-corrected chi connectivity index (χ0v) is 11.5. The van der Waals surface area contributed by atoms with Gasteiger partial charge < -0.3 is 16.0 Å². The molecule has 1 aliphatic heterocycles. The summed E-state index contributed by atoms with van der Waals surface area (Å²) < 4.78 is 26.3. The molecule has 3 N–H and O–H groups in total. The number of piperidine rings is 1. The fourth-order valence-corrected chi connectivity index (χ4v) is 2.24. The quantitative estimate of drug-likeness (QED) is 0.876. The van der Waals surface area contributed by atoms with Crippen LogP contribution in [0.15, 0.2) is 18.2 Å². The highest BCUT2D eigenvalue weighted by atomic mass is 19.1. The number of nitrogens with two attached hydrogens (primary N) is 1. The Morgan fingerprint density at radius 3 is 2.60 bits per heavy atom. The van der Waals surface area contributed by atoms with Crippen LogP contribution in [-0.2, 0) is 0 Å². The number of anilines is 1. The summed E-state index contributed by atoms with van der Waals surface area (Å²) in [6.07, 6.45) is 1.64. The van der Waals surface area contributed by atoms with E-state index in [1.807, 2.05) is 0 Å². The number of carbonyl (C=O) groups excluding carboxylic acids is 1. The van der Waals surface area contributed by atoms with Crippen molar-refractivity contribution in [1.29, 1.82) is 0 Å². The number of carbonyl (C=O) groups is 1. The molecule has 0 unspecified atom stereocenters. The molecule has 6 heteroatoms. The van der Waals surface area contributed by atoms with Gasteiger partial charge in [0.1, 0.15) is 11.6 Å². The van der Waals surface area contributed by atoms with E-state index >= 15 is 0 Å². The monoisotopic (exact) mass is 283 g/mol. The third-order valence-electron chi connectivity index (χ3n) is 3.92. The first kappa shape index (κ1) is 14.7. The largest absolute Gasteiger partial charge is 0.330 e. The lowest BCUT2D eigenvalue weighted by molar-refractivity contribution is 0.141. The smallest absolute Gasteiger partial charge is 0.321 e. The van der Waals surface area contributed by atoms with Crippen molar-refractivity contribution in [1.82, 2.24) is 4.90 Å². The van der Waals surface area contributed by atoms with E-state index in [9.17, 15) is 13.6 Å². The summed E-state index contributed by atoms with van der Waals surface area (Å²) >= 11 is 0. The van der Waals surface area contributed by atoms with Crippen molar-refractivity contribution in [3.05, 3.63) is 29.8 Å². The molecule has 0 atom stereocenters. The number of urea groups is 1. The van der Waals surface area contributed by atoms with Gasteiger partial charge in [-0.05, 0) is 36.9 Å². The number of benzene rings is 1. The van der Waals surface area contributed by atoms with Crippen LogP contribution in [0, 0.1) is 17.0 Å².